The first-order chi connectivity index (χ1) is 14.7. The Hall–Kier alpha value is -3.23. The van der Waals surface area contributed by atoms with Gasteiger partial charge >= 0.3 is 6.18 Å². The average molecular weight is 432 g/mol. The molecule has 2 aromatic heterocycles. The van der Waals surface area contributed by atoms with E-state index in [0.29, 0.717) is 11.3 Å². The Morgan fingerprint density at radius 2 is 2.00 bits per heavy atom. The van der Waals surface area contributed by atoms with Gasteiger partial charge in [0.25, 0.3) is 5.91 Å². The molecule has 3 aromatic rings. The van der Waals surface area contributed by atoms with E-state index in [0.717, 1.165) is 25.3 Å². The van der Waals surface area contributed by atoms with Crippen LogP contribution in [0.4, 0.5) is 17.6 Å². The number of halogens is 4. The first kappa shape index (κ1) is 21.0. The predicted molar refractivity (Wildman–Crippen MR) is 105 cm³/mol. The van der Waals surface area contributed by atoms with Crippen LogP contribution in [0, 0.1) is 5.82 Å². The second-order valence-electron chi connectivity index (χ2n) is 7.66. The summed E-state index contributed by atoms with van der Waals surface area (Å²) < 4.78 is 55.2. The van der Waals surface area contributed by atoms with E-state index in [1.807, 2.05) is 0 Å². The number of aromatic nitrogens is 3. The molecule has 1 fully saturated rings. The number of nitrogens with zero attached hydrogens (tertiary/aromatic N) is 4. The third-order valence-electron chi connectivity index (χ3n) is 5.40. The Kier molecular flexibility index (Phi) is 5.51. The van der Waals surface area contributed by atoms with Crippen molar-refractivity contribution in [3.8, 4) is 11.3 Å². The summed E-state index contributed by atoms with van der Waals surface area (Å²) in [4.78, 5) is 22.4. The zero-order chi connectivity index (χ0) is 22.2. The van der Waals surface area contributed by atoms with E-state index >= 15 is 0 Å². The van der Waals surface area contributed by atoms with Crippen molar-refractivity contribution in [2.75, 3.05) is 0 Å². The monoisotopic (exact) mass is 432 g/mol. The molecule has 0 saturated heterocycles. The Morgan fingerprint density at radius 1 is 1.23 bits per heavy atom. The van der Waals surface area contributed by atoms with E-state index in [2.05, 4.69) is 9.97 Å². The maximum Gasteiger partial charge on any atom is 0.433 e. The zero-order valence-electron chi connectivity index (χ0n) is 16.7. The summed E-state index contributed by atoms with van der Waals surface area (Å²) in [5, 5.41) is 0. The van der Waals surface area contributed by atoms with Gasteiger partial charge in [0.1, 0.15) is 17.2 Å². The van der Waals surface area contributed by atoms with Crippen LogP contribution >= 0.6 is 0 Å². The highest BCUT2D eigenvalue weighted by molar-refractivity contribution is 5.92. The van der Waals surface area contributed by atoms with Gasteiger partial charge in [-0.15, -0.1) is 0 Å². The molecule has 1 amide bonds. The SMILES string of the molecule is Cn1cnc(C(=O)N(Cc2ccc(F)c(-c3cccc(C(F)(F)F)n3)c2)C2CCC2)c1. The van der Waals surface area contributed by atoms with E-state index in [-0.39, 0.29) is 29.8 Å². The Labute approximate surface area is 176 Å². The fourth-order valence-electron chi connectivity index (χ4n) is 3.54. The minimum Gasteiger partial charge on any atom is -0.340 e. The van der Waals surface area contributed by atoms with E-state index in [4.69, 9.17) is 0 Å². The Bertz CT molecular complexity index is 1100. The van der Waals surface area contributed by atoms with Crippen molar-refractivity contribution in [1.29, 1.82) is 0 Å². The lowest BCUT2D eigenvalue weighted by Gasteiger charge is -2.37. The summed E-state index contributed by atoms with van der Waals surface area (Å²) >= 11 is 0. The summed E-state index contributed by atoms with van der Waals surface area (Å²) in [6.07, 6.45) is 1.29. The van der Waals surface area contributed by atoms with E-state index in [1.165, 1.54) is 30.3 Å². The van der Waals surface area contributed by atoms with Gasteiger partial charge in [-0.2, -0.15) is 13.2 Å². The first-order valence-corrected chi connectivity index (χ1v) is 9.84. The maximum atomic E-state index is 14.5. The molecule has 0 aliphatic heterocycles. The molecule has 1 saturated carbocycles. The summed E-state index contributed by atoms with van der Waals surface area (Å²) in [7, 11) is 1.77. The van der Waals surface area contributed by atoms with Crippen LogP contribution in [-0.2, 0) is 19.8 Å². The van der Waals surface area contributed by atoms with Gasteiger partial charge in [0.15, 0.2) is 0 Å². The molecular formula is C22H20F4N4O. The molecular weight excluding hydrogens is 412 g/mol. The van der Waals surface area contributed by atoms with Gasteiger partial charge in [0.2, 0.25) is 0 Å². The number of imidazole rings is 1. The molecule has 0 N–H and O–H groups in total. The van der Waals surface area contributed by atoms with Crippen molar-refractivity contribution in [3.63, 3.8) is 0 Å². The quantitative estimate of drug-likeness (QED) is 0.543. The summed E-state index contributed by atoms with van der Waals surface area (Å²) in [5.41, 5.74) is -0.317. The van der Waals surface area contributed by atoms with Crippen LogP contribution in [0.2, 0.25) is 0 Å². The van der Waals surface area contributed by atoms with Crippen molar-refractivity contribution >= 4 is 5.91 Å². The third-order valence-corrected chi connectivity index (χ3v) is 5.40. The molecule has 1 aromatic carbocycles. The fourth-order valence-corrected chi connectivity index (χ4v) is 3.54. The lowest BCUT2D eigenvalue weighted by molar-refractivity contribution is -0.141. The second-order valence-corrected chi connectivity index (χ2v) is 7.66. The molecule has 0 atom stereocenters. The number of alkyl halides is 3. The molecule has 0 bridgehead atoms. The number of aryl methyl sites for hydroxylation is 1. The topological polar surface area (TPSA) is 51.0 Å². The van der Waals surface area contributed by atoms with Crippen LogP contribution in [0.1, 0.15) is 41.0 Å². The van der Waals surface area contributed by atoms with E-state index in [9.17, 15) is 22.4 Å². The van der Waals surface area contributed by atoms with Crippen molar-refractivity contribution in [2.24, 2.45) is 7.05 Å². The lowest BCUT2D eigenvalue weighted by atomic mass is 9.90. The van der Waals surface area contributed by atoms with Crippen molar-refractivity contribution < 1.29 is 22.4 Å². The fraction of sp³-hybridized carbons (Fsp3) is 0.318. The summed E-state index contributed by atoms with van der Waals surface area (Å²) in [5.74, 6) is -0.907. The molecule has 1 aliphatic carbocycles. The predicted octanol–water partition coefficient (Wildman–Crippen LogP) is 4.83. The number of carbonyl (C=O) groups excluding carboxylic acids is 1. The molecule has 31 heavy (non-hydrogen) atoms. The molecule has 4 rings (SSSR count). The average Bonchev–Trinajstić information content (AvgIpc) is 3.12. The summed E-state index contributed by atoms with van der Waals surface area (Å²) in [6.45, 7) is 0.201. The maximum absolute atomic E-state index is 14.5. The minimum atomic E-state index is -4.62. The molecule has 5 nitrogen and oxygen atoms in total. The minimum absolute atomic E-state index is 0.0394. The first-order valence-electron chi connectivity index (χ1n) is 9.84. The number of hydrogen-bond acceptors (Lipinski definition) is 3. The van der Waals surface area contributed by atoms with Gasteiger partial charge in [-0.1, -0.05) is 12.1 Å². The van der Waals surface area contributed by atoms with Crippen LogP contribution in [0.3, 0.4) is 0 Å². The Morgan fingerprint density at radius 3 is 2.61 bits per heavy atom. The van der Waals surface area contributed by atoms with E-state index < -0.39 is 17.7 Å². The van der Waals surface area contributed by atoms with Crippen molar-refractivity contribution in [3.05, 3.63) is 71.7 Å². The lowest BCUT2D eigenvalue weighted by Crippen LogP contribution is -2.43. The number of hydrogen-bond donors (Lipinski definition) is 0. The normalized spacial score (nSPS) is 14.4. The van der Waals surface area contributed by atoms with Gasteiger partial charge in [0, 0.05) is 31.4 Å². The molecule has 0 unspecified atom stereocenters. The van der Waals surface area contributed by atoms with Gasteiger partial charge in [0.05, 0.1) is 12.0 Å². The molecule has 0 radical (unpaired) electrons. The largest absolute Gasteiger partial charge is 0.433 e. The number of benzene rings is 1. The Balaban J connectivity index is 1.65. The van der Waals surface area contributed by atoms with Crippen LogP contribution in [0.25, 0.3) is 11.3 Å². The van der Waals surface area contributed by atoms with Crippen molar-refractivity contribution in [2.45, 2.75) is 38.0 Å². The highest BCUT2D eigenvalue weighted by Gasteiger charge is 2.33. The molecule has 0 spiro atoms. The molecule has 9 heteroatoms. The standard InChI is InChI=1S/C22H20F4N4O/c1-29-12-19(27-13-29)21(31)30(15-4-2-5-15)11-14-8-9-17(23)16(10-14)18-6-3-7-20(28-18)22(24,25)26/h3,6-10,12-13,15H,2,4-5,11H2,1H3. The van der Waals surface area contributed by atoms with Gasteiger partial charge in [-0.25, -0.2) is 14.4 Å². The third kappa shape index (κ3) is 4.45. The van der Waals surface area contributed by atoms with Crippen LogP contribution in [0.15, 0.2) is 48.9 Å². The van der Waals surface area contributed by atoms with Crippen LogP contribution in [-0.4, -0.2) is 31.4 Å². The number of pyridine rings is 1. The number of rotatable bonds is 5. The van der Waals surface area contributed by atoms with Gasteiger partial charge in [-0.05, 0) is 49.1 Å². The van der Waals surface area contributed by atoms with Crippen LogP contribution < -0.4 is 0 Å². The van der Waals surface area contributed by atoms with Crippen molar-refractivity contribution in [1.82, 2.24) is 19.4 Å². The van der Waals surface area contributed by atoms with E-state index in [1.54, 1.807) is 29.0 Å². The van der Waals surface area contributed by atoms with Crippen LogP contribution in [0.5, 0.6) is 0 Å². The molecule has 1 aliphatic rings. The van der Waals surface area contributed by atoms with Gasteiger partial charge in [-0.3, -0.25) is 4.79 Å². The smallest absolute Gasteiger partial charge is 0.340 e. The zero-order valence-corrected chi connectivity index (χ0v) is 16.7. The van der Waals surface area contributed by atoms with Gasteiger partial charge < -0.3 is 9.47 Å². The number of amides is 1. The highest BCUT2D eigenvalue weighted by atomic mass is 19.4. The molecule has 2 heterocycles. The number of carbonyl (C=O) groups is 1. The summed E-state index contributed by atoms with van der Waals surface area (Å²) in [6, 6.07) is 7.60. The highest BCUT2D eigenvalue weighted by Crippen LogP contribution is 2.32. The second kappa shape index (κ2) is 8.13. The molecule has 162 valence electrons.